The van der Waals surface area contributed by atoms with Crippen LogP contribution < -0.4 is 4.74 Å². The third-order valence-electron chi connectivity index (χ3n) is 2.56. The minimum absolute atomic E-state index is 0.425. The van der Waals surface area contributed by atoms with E-state index in [1.54, 1.807) is 0 Å². The summed E-state index contributed by atoms with van der Waals surface area (Å²) in [6.07, 6.45) is 0.992. The zero-order chi connectivity index (χ0) is 13.8. The number of halogens is 2. The predicted molar refractivity (Wildman–Crippen MR) is 80.7 cm³/mol. The Balaban J connectivity index is 2.27. The first-order chi connectivity index (χ1) is 9.11. The molecule has 5 heteroatoms. The fourth-order valence-electron chi connectivity index (χ4n) is 1.57. The zero-order valence-corrected chi connectivity index (χ0v) is 13.1. The van der Waals surface area contributed by atoms with Crippen molar-refractivity contribution in [3.05, 3.63) is 39.6 Å². The molecule has 0 bridgehead atoms. The number of aromatic nitrogens is 2. The largest absolute Gasteiger partial charge is 0.494 e. The van der Waals surface area contributed by atoms with Crippen molar-refractivity contribution < 1.29 is 4.74 Å². The van der Waals surface area contributed by atoms with Gasteiger partial charge in [-0.15, -0.1) is 0 Å². The molecular formula is C14H14BrClN2O. The Kier molecular flexibility index (Phi) is 4.77. The van der Waals surface area contributed by atoms with E-state index in [0.717, 1.165) is 34.5 Å². The van der Waals surface area contributed by atoms with E-state index in [1.165, 1.54) is 0 Å². The molecule has 0 N–H and O–H groups in total. The van der Waals surface area contributed by atoms with Crippen molar-refractivity contribution in [2.75, 3.05) is 6.61 Å². The highest BCUT2D eigenvalue weighted by atomic mass is 79.9. The van der Waals surface area contributed by atoms with E-state index in [4.69, 9.17) is 16.3 Å². The summed E-state index contributed by atoms with van der Waals surface area (Å²) in [5.74, 6) is 1.47. The Labute approximate surface area is 126 Å². The van der Waals surface area contributed by atoms with Crippen molar-refractivity contribution >= 4 is 27.5 Å². The maximum atomic E-state index is 6.05. The number of nitrogens with zero attached hydrogens (tertiary/aromatic N) is 2. The minimum atomic E-state index is 0.425. The van der Waals surface area contributed by atoms with Gasteiger partial charge in [-0.05, 0) is 53.5 Å². The number of ether oxygens (including phenoxy) is 1. The number of benzene rings is 1. The molecular weight excluding hydrogens is 328 g/mol. The Hall–Kier alpha value is -1.13. The summed E-state index contributed by atoms with van der Waals surface area (Å²) in [5, 5.41) is 0.425. The molecule has 100 valence electrons. The van der Waals surface area contributed by atoms with Gasteiger partial charge in [-0.3, -0.25) is 0 Å². The van der Waals surface area contributed by atoms with Crippen LogP contribution in [-0.2, 0) is 0 Å². The van der Waals surface area contributed by atoms with Crippen molar-refractivity contribution in [3.8, 4) is 17.1 Å². The monoisotopic (exact) mass is 340 g/mol. The van der Waals surface area contributed by atoms with Gasteiger partial charge in [0.1, 0.15) is 10.9 Å². The molecule has 3 nitrogen and oxygen atoms in total. The molecule has 0 fully saturated rings. The summed E-state index contributed by atoms with van der Waals surface area (Å²) in [6.45, 7) is 4.69. The average molecular weight is 342 g/mol. The van der Waals surface area contributed by atoms with Gasteiger partial charge in [0.25, 0.3) is 0 Å². The Morgan fingerprint density at radius 3 is 2.47 bits per heavy atom. The Morgan fingerprint density at radius 2 is 1.89 bits per heavy atom. The SMILES string of the molecule is CCCOc1ccc(-c2nc(C)c(Br)c(Cl)n2)cc1. The normalized spacial score (nSPS) is 10.5. The lowest BCUT2D eigenvalue weighted by atomic mass is 10.2. The maximum Gasteiger partial charge on any atom is 0.161 e. The maximum absolute atomic E-state index is 6.05. The summed E-state index contributed by atoms with van der Waals surface area (Å²) in [6, 6.07) is 7.70. The second-order valence-electron chi connectivity index (χ2n) is 4.11. The highest BCUT2D eigenvalue weighted by Crippen LogP contribution is 2.27. The molecule has 0 amide bonds. The lowest BCUT2D eigenvalue weighted by Crippen LogP contribution is -1.96. The molecule has 0 radical (unpaired) electrons. The molecule has 19 heavy (non-hydrogen) atoms. The standard InChI is InChI=1S/C14H14BrClN2O/c1-3-8-19-11-6-4-10(5-7-11)14-17-9(2)12(15)13(16)18-14/h4-7H,3,8H2,1-2H3. The van der Waals surface area contributed by atoms with Crippen LogP contribution >= 0.6 is 27.5 Å². The van der Waals surface area contributed by atoms with Crippen LogP contribution in [0.4, 0.5) is 0 Å². The third kappa shape index (κ3) is 3.45. The molecule has 0 saturated heterocycles. The lowest BCUT2D eigenvalue weighted by molar-refractivity contribution is 0.317. The second kappa shape index (κ2) is 6.35. The molecule has 0 aliphatic heterocycles. The first-order valence-electron chi connectivity index (χ1n) is 6.04. The van der Waals surface area contributed by atoms with Crippen LogP contribution in [0, 0.1) is 6.92 Å². The van der Waals surface area contributed by atoms with Gasteiger partial charge in [-0.1, -0.05) is 18.5 Å². The van der Waals surface area contributed by atoms with Gasteiger partial charge in [0, 0.05) is 5.56 Å². The fraction of sp³-hybridized carbons (Fsp3) is 0.286. The first-order valence-corrected chi connectivity index (χ1v) is 7.21. The van der Waals surface area contributed by atoms with Crippen LogP contribution in [-0.4, -0.2) is 16.6 Å². The molecule has 0 atom stereocenters. The van der Waals surface area contributed by atoms with Gasteiger partial charge >= 0.3 is 0 Å². The van der Waals surface area contributed by atoms with Gasteiger partial charge in [-0.2, -0.15) is 0 Å². The van der Waals surface area contributed by atoms with Crippen LogP contribution in [0.5, 0.6) is 5.75 Å². The van der Waals surface area contributed by atoms with E-state index in [0.29, 0.717) is 11.0 Å². The van der Waals surface area contributed by atoms with Crippen molar-refractivity contribution in [1.82, 2.24) is 9.97 Å². The van der Waals surface area contributed by atoms with Gasteiger partial charge in [0.05, 0.1) is 16.8 Å². The van der Waals surface area contributed by atoms with Crippen LogP contribution in [0.2, 0.25) is 5.15 Å². The molecule has 0 aliphatic carbocycles. The molecule has 0 aliphatic rings. The van der Waals surface area contributed by atoms with E-state index >= 15 is 0 Å². The number of hydrogen-bond acceptors (Lipinski definition) is 3. The average Bonchev–Trinajstić information content (AvgIpc) is 2.42. The summed E-state index contributed by atoms with van der Waals surface area (Å²) in [5.41, 5.74) is 1.74. The van der Waals surface area contributed by atoms with Crippen molar-refractivity contribution in [1.29, 1.82) is 0 Å². The summed E-state index contributed by atoms with van der Waals surface area (Å²) >= 11 is 9.40. The molecule has 2 rings (SSSR count). The first kappa shape index (κ1) is 14.3. The van der Waals surface area contributed by atoms with Crippen molar-refractivity contribution in [2.45, 2.75) is 20.3 Å². The zero-order valence-electron chi connectivity index (χ0n) is 10.8. The molecule has 1 aromatic heterocycles. The van der Waals surface area contributed by atoms with Gasteiger partial charge in [0.2, 0.25) is 0 Å². The molecule has 0 saturated carbocycles. The fourth-order valence-corrected chi connectivity index (χ4v) is 1.97. The van der Waals surface area contributed by atoms with Crippen LogP contribution in [0.15, 0.2) is 28.7 Å². The van der Waals surface area contributed by atoms with E-state index in [-0.39, 0.29) is 0 Å². The quantitative estimate of drug-likeness (QED) is 0.759. The number of aryl methyl sites for hydroxylation is 1. The number of rotatable bonds is 4. The Bertz CT molecular complexity index is 549. The summed E-state index contributed by atoms with van der Waals surface area (Å²) in [4.78, 5) is 8.67. The van der Waals surface area contributed by atoms with E-state index in [1.807, 2.05) is 31.2 Å². The molecule has 2 aromatic rings. The summed E-state index contributed by atoms with van der Waals surface area (Å²) < 4.78 is 6.28. The smallest absolute Gasteiger partial charge is 0.161 e. The third-order valence-corrected chi connectivity index (χ3v) is 4.01. The second-order valence-corrected chi connectivity index (χ2v) is 5.26. The van der Waals surface area contributed by atoms with E-state index in [2.05, 4.69) is 32.8 Å². The molecule has 0 spiro atoms. The molecule has 0 unspecified atom stereocenters. The van der Waals surface area contributed by atoms with Gasteiger partial charge in [-0.25, -0.2) is 9.97 Å². The lowest BCUT2D eigenvalue weighted by Gasteiger charge is -2.07. The minimum Gasteiger partial charge on any atom is -0.494 e. The van der Waals surface area contributed by atoms with Gasteiger partial charge < -0.3 is 4.74 Å². The highest BCUT2D eigenvalue weighted by molar-refractivity contribution is 9.10. The van der Waals surface area contributed by atoms with Crippen LogP contribution in [0.1, 0.15) is 19.0 Å². The predicted octanol–water partition coefficient (Wildman–Crippen LogP) is 4.66. The van der Waals surface area contributed by atoms with Gasteiger partial charge in [0.15, 0.2) is 5.82 Å². The summed E-state index contributed by atoms with van der Waals surface area (Å²) in [7, 11) is 0. The van der Waals surface area contributed by atoms with Crippen LogP contribution in [0.3, 0.4) is 0 Å². The van der Waals surface area contributed by atoms with Crippen molar-refractivity contribution in [3.63, 3.8) is 0 Å². The number of hydrogen-bond donors (Lipinski definition) is 0. The molecule has 1 heterocycles. The van der Waals surface area contributed by atoms with Crippen LogP contribution in [0.25, 0.3) is 11.4 Å². The molecule has 1 aromatic carbocycles. The van der Waals surface area contributed by atoms with E-state index < -0.39 is 0 Å². The Morgan fingerprint density at radius 1 is 1.21 bits per heavy atom. The van der Waals surface area contributed by atoms with Crippen molar-refractivity contribution in [2.24, 2.45) is 0 Å². The van der Waals surface area contributed by atoms with E-state index in [9.17, 15) is 0 Å². The topological polar surface area (TPSA) is 35.0 Å². The highest BCUT2D eigenvalue weighted by Gasteiger charge is 2.09.